The number of hydrogen-bond acceptors (Lipinski definition) is 2. The van der Waals surface area contributed by atoms with Crippen molar-refractivity contribution in [1.82, 2.24) is 9.55 Å². The average Bonchev–Trinajstić information content (AvgIpc) is 2.21. The van der Waals surface area contributed by atoms with E-state index in [2.05, 4.69) is 43.8 Å². The van der Waals surface area contributed by atoms with E-state index in [1.807, 2.05) is 0 Å². The Hall–Kier alpha value is -0.160. The Labute approximate surface area is 106 Å². The first-order valence-corrected chi connectivity index (χ1v) is 6.82. The maximum atomic E-state index is 11.6. The molecule has 0 aliphatic heterocycles. The van der Waals surface area contributed by atoms with Crippen LogP contribution in [0, 0.1) is 5.92 Å². The molecule has 0 aliphatic carbocycles. The summed E-state index contributed by atoms with van der Waals surface area (Å²) < 4.78 is 2.17. The van der Waals surface area contributed by atoms with Crippen LogP contribution in [0.15, 0.2) is 21.8 Å². The second kappa shape index (κ2) is 6.43. The van der Waals surface area contributed by atoms with Gasteiger partial charge in [-0.2, -0.15) is 0 Å². The first-order chi connectivity index (χ1) is 7.15. The molecule has 1 aromatic heterocycles. The highest BCUT2D eigenvalue weighted by atomic mass is 79.9. The van der Waals surface area contributed by atoms with E-state index in [1.54, 1.807) is 10.9 Å². The molecule has 0 bridgehead atoms. The van der Waals surface area contributed by atoms with E-state index >= 15 is 0 Å². The summed E-state index contributed by atoms with van der Waals surface area (Å²) in [5.41, 5.74) is -0.00366. The van der Waals surface area contributed by atoms with Crippen LogP contribution < -0.4 is 5.56 Å². The topological polar surface area (TPSA) is 34.9 Å². The standard InChI is InChI=1S/C10H14Br2N2O/c1-8(2-4-11)3-5-14-7-13-6-9(12)10(14)15/h6-8H,2-5H2,1H3. The molecule has 1 heterocycles. The molecule has 0 saturated carbocycles. The molecule has 0 aromatic carbocycles. The monoisotopic (exact) mass is 336 g/mol. The van der Waals surface area contributed by atoms with Gasteiger partial charge in [0.2, 0.25) is 0 Å². The zero-order valence-corrected chi connectivity index (χ0v) is 11.8. The summed E-state index contributed by atoms with van der Waals surface area (Å²) in [6, 6.07) is 0. The minimum atomic E-state index is -0.00366. The van der Waals surface area contributed by atoms with Crippen LogP contribution in [0.4, 0.5) is 0 Å². The van der Waals surface area contributed by atoms with Gasteiger partial charge in [-0.3, -0.25) is 9.36 Å². The lowest BCUT2D eigenvalue weighted by molar-refractivity contribution is 0.463. The van der Waals surface area contributed by atoms with Crippen molar-refractivity contribution in [3.05, 3.63) is 27.4 Å². The Morgan fingerprint density at radius 2 is 2.27 bits per heavy atom. The molecular weight excluding hydrogens is 324 g/mol. The van der Waals surface area contributed by atoms with E-state index < -0.39 is 0 Å². The summed E-state index contributed by atoms with van der Waals surface area (Å²) in [5, 5.41) is 1.01. The van der Waals surface area contributed by atoms with Gasteiger partial charge in [-0.15, -0.1) is 0 Å². The summed E-state index contributed by atoms with van der Waals surface area (Å²) in [6.45, 7) is 2.93. The summed E-state index contributed by atoms with van der Waals surface area (Å²) >= 11 is 6.59. The fourth-order valence-electron chi connectivity index (χ4n) is 1.27. The number of aromatic nitrogens is 2. The molecule has 0 radical (unpaired) electrons. The molecule has 0 N–H and O–H groups in total. The van der Waals surface area contributed by atoms with E-state index in [4.69, 9.17) is 0 Å². The van der Waals surface area contributed by atoms with Gasteiger partial charge in [0.15, 0.2) is 0 Å². The van der Waals surface area contributed by atoms with Gasteiger partial charge in [0.05, 0.1) is 6.33 Å². The summed E-state index contributed by atoms with van der Waals surface area (Å²) in [4.78, 5) is 15.6. The van der Waals surface area contributed by atoms with Crippen molar-refractivity contribution in [2.75, 3.05) is 5.33 Å². The van der Waals surface area contributed by atoms with Crippen molar-refractivity contribution in [3.63, 3.8) is 0 Å². The number of rotatable bonds is 5. The van der Waals surface area contributed by atoms with Crippen molar-refractivity contribution in [2.45, 2.75) is 26.3 Å². The summed E-state index contributed by atoms with van der Waals surface area (Å²) in [6.07, 6.45) is 5.26. The number of hydrogen-bond donors (Lipinski definition) is 0. The Kier molecular flexibility index (Phi) is 5.53. The molecule has 0 fully saturated rings. The van der Waals surface area contributed by atoms with Crippen LogP contribution in [-0.4, -0.2) is 14.9 Å². The maximum Gasteiger partial charge on any atom is 0.267 e. The van der Waals surface area contributed by atoms with E-state index in [-0.39, 0.29) is 5.56 Å². The van der Waals surface area contributed by atoms with E-state index in [0.717, 1.165) is 24.7 Å². The normalized spacial score (nSPS) is 12.7. The lowest BCUT2D eigenvalue weighted by atomic mass is 10.1. The number of aryl methyl sites for hydroxylation is 1. The highest BCUT2D eigenvalue weighted by Gasteiger charge is 2.04. The number of nitrogens with zero attached hydrogens (tertiary/aromatic N) is 2. The van der Waals surface area contributed by atoms with Gasteiger partial charge in [-0.25, -0.2) is 4.98 Å². The van der Waals surface area contributed by atoms with Gasteiger partial charge in [-0.05, 0) is 34.7 Å². The van der Waals surface area contributed by atoms with Crippen molar-refractivity contribution < 1.29 is 0 Å². The largest absolute Gasteiger partial charge is 0.298 e. The predicted molar refractivity (Wildman–Crippen MR) is 68.4 cm³/mol. The fraction of sp³-hybridized carbons (Fsp3) is 0.600. The van der Waals surface area contributed by atoms with E-state index in [9.17, 15) is 4.79 Å². The minimum absolute atomic E-state index is 0.00366. The van der Waals surface area contributed by atoms with Crippen molar-refractivity contribution in [1.29, 1.82) is 0 Å². The molecule has 1 atom stereocenters. The van der Waals surface area contributed by atoms with Crippen LogP contribution in [0.25, 0.3) is 0 Å². The zero-order chi connectivity index (χ0) is 11.3. The highest BCUT2D eigenvalue weighted by Crippen LogP contribution is 2.10. The first-order valence-electron chi connectivity index (χ1n) is 4.91. The van der Waals surface area contributed by atoms with Gasteiger partial charge >= 0.3 is 0 Å². The lowest BCUT2D eigenvalue weighted by Gasteiger charge is -2.10. The van der Waals surface area contributed by atoms with Crippen LogP contribution in [0.2, 0.25) is 0 Å². The zero-order valence-electron chi connectivity index (χ0n) is 8.62. The molecule has 0 amide bonds. The maximum absolute atomic E-state index is 11.6. The molecule has 3 nitrogen and oxygen atoms in total. The molecule has 0 saturated heterocycles. The number of alkyl halides is 1. The number of halogens is 2. The molecule has 5 heteroatoms. The highest BCUT2D eigenvalue weighted by molar-refractivity contribution is 9.10. The van der Waals surface area contributed by atoms with Gasteiger partial charge < -0.3 is 0 Å². The molecule has 1 unspecified atom stereocenters. The van der Waals surface area contributed by atoms with Gasteiger partial charge in [-0.1, -0.05) is 22.9 Å². The molecule has 1 aromatic rings. The molecule has 15 heavy (non-hydrogen) atoms. The van der Waals surface area contributed by atoms with Gasteiger partial charge in [0.25, 0.3) is 5.56 Å². The van der Waals surface area contributed by atoms with Crippen LogP contribution in [-0.2, 0) is 6.54 Å². The molecule has 0 aliphatic rings. The van der Waals surface area contributed by atoms with Crippen LogP contribution in [0.1, 0.15) is 19.8 Å². The van der Waals surface area contributed by atoms with Crippen molar-refractivity contribution in [3.8, 4) is 0 Å². The Morgan fingerprint density at radius 3 is 2.93 bits per heavy atom. The SMILES string of the molecule is CC(CCBr)CCn1cncc(Br)c1=O. The van der Waals surface area contributed by atoms with Crippen LogP contribution >= 0.6 is 31.9 Å². The molecule has 0 spiro atoms. The average molecular weight is 338 g/mol. The Morgan fingerprint density at radius 1 is 1.53 bits per heavy atom. The fourth-order valence-corrected chi connectivity index (χ4v) is 2.40. The van der Waals surface area contributed by atoms with Crippen molar-refractivity contribution in [2.24, 2.45) is 5.92 Å². The second-order valence-electron chi connectivity index (χ2n) is 3.61. The molecule has 1 rings (SSSR count). The van der Waals surface area contributed by atoms with Gasteiger partial charge in [0.1, 0.15) is 4.47 Å². The predicted octanol–water partition coefficient (Wildman–Crippen LogP) is 2.82. The quantitative estimate of drug-likeness (QED) is 0.774. The molecular formula is C10H14Br2N2O. The van der Waals surface area contributed by atoms with Gasteiger partial charge in [0, 0.05) is 18.1 Å². The third-order valence-corrected chi connectivity index (χ3v) is 3.33. The smallest absolute Gasteiger partial charge is 0.267 e. The second-order valence-corrected chi connectivity index (χ2v) is 5.26. The Balaban J connectivity index is 2.58. The third-order valence-electron chi connectivity index (χ3n) is 2.32. The minimum Gasteiger partial charge on any atom is -0.298 e. The summed E-state index contributed by atoms with van der Waals surface area (Å²) in [5.74, 6) is 0.621. The van der Waals surface area contributed by atoms with Crippen LogP contribution in [0.5, 0.6) is 0 Å². The van der Waals surface area contributed by atoms with Crippen molar-refractivity contribution >= 4 is 31.9 Å². The third kappa shape index (κ3) is 4.07. The summed E-state index contributed by atoms with van der Waals surface area (Å²) in [7, 11) is 0. The van der Waals surface area contributed by atoms with E-state index in [1.165, 1.54) is 6.20 Å². The Bertz CT molecular complexity index is 365. The first kappa shape index (κ1) is 12.9. The molecule has 84 valence electrons. The lowest BCUT2D eigenvalue weighted by Crippen LogP contribution is -2.21. The van der Waals surface area contributed by atoms with E-state index in [0.29, 0.717) is 10.4 Å². The van der Waals surface area contributed by atoms with Crippen LogP contribution in [0.3, 0.4) is 0 Å².